The number of aromatic nitrogens is 2. The zero-order chi connectivity index (χ0) is 26.9. The van der Waals surface area contributed by atoms with Crippen LogP contribution in [0.4, 0.5) is 17.2 Å². The highest BCUT2D eigenvalue weighted by Crippen LogP contribution is 2.39. The largest absolute Gasteiger partial charge is 0.383 e. The number of benzene rings is 1. The van der Waals surface area contributed by atoms with E-state index < -0.39 is 5.91 Å². The van der Waals surface area contributed by atoms with Crippen molar-refractivity contribution >= 4 is 47.3 Å². The van der Waals surface area contributed by atoms with E-state index >= 15 is 0 Å². The monoisotopic (exact) mass is 523 g/mol. The van der Waals surface area contributed by atoms with Crippen molar-refractivity contribution in [2.45, 2.75) is 37.4 Å². The fraction of sp³-hybridized carbons (Fsp3) is 0.385. The Balaban J connectivity index is 1.69. The Bertz CT molecular complexity index is 1320. The molecule has 2 atom stereocenters. The van der Waals surface area contributed by atoms with Crippen LogP contribution in [0.3, 0.4) is 0 Å². The summed E-state index contributed by atoms with van der Waals surface area (Å²) in [6.45, 7) is 7.92. The summed E-state index contributed by atoms with van der Waals surface area (Å²) in [4.78, 5) is 32.6. The molecule has 2 fully saturated rings. The zero-order valence-corrected chi connectivity index (χ0v) is 21.7. The normalized spacial score (nSPS) is 18.7. The minimum atomic E-state index is -0.750. The van der Waals surface area contributed by atoms with Gasteiger partial charge >= 0.3 is 0 Å². The van der Waals surface area contributed by atoms with Crippen LogP contribution < -0.4 is 16.4 Å². The van der Waals surface area contributed by atoms with Gasteiger partial charge in [0.2, 0.25) is 5.91 Å². The van der Waals surface area contributed by atoms with E-state index in [1.165, 1.54) is 10.8 Å². The molecule has 1 aromatic heterocycles. The van der Waals surface area contributed by atoms with Gasteiger partial charge in [-0.2, -0.15) is 5.10 Å². The first kappa shape index (κ1) is 26.3. The number of primary amides is 1. The van der Waals surface area contributed by atoms with Crippen molar-refractivity contribution < 1.29 is 14.3 Å². The van der Waals surface area contributed by atoms with Crippen LogP contribution in [0, 0.1) is 11.8 Å². The number of nitrogens with two attached hydrogens (primary N) is 2. The first-order chi connectivity index (χ1) is 17.7. The van der Waals surface area contributed by atoms with Gasteiger partial charge < -0.3 is 26.0 Å². The average molecular weight is 524 g/mol. The number of halogens is 1. The molecule has 0 unspecified atom stereocenters. The molecule has 0 radical (unpaired) electrons. The van der Waals surface area contributed by atoms with Crippen molar-refractivity contribution in [3.63, 3.8) is 0 Å². The molecule has 2 aliphatic rings. The number of aliphatic imine (C=N–C) groups is 1. The molecule has 1 saturated carbocycles. The summed E-state index contributed by atoms with van der Waals surface area (Å²) in [5.41, 5.74) is 14.1. The van der Waals surface area contributed by atoms with E-state index in [2.05, 4.69) is 40.1 Å². The molecule has 2 heterocycles. The molecule has 11 heteroatoms. The smallest absolute Gasteiger partial charge is 0.255 e. The van der Waals surface area contributed by atoms with Crippen molar-refractivity contribution in [3.05, 3.63) is 46.6 Å². The van der Waals surface area contributed by atoms with Crippen LogP contribution >= 0.6 is 11.6 Å². The summed E-state index contributed by atoms with van der Waals surface area (Å²) in [6, 6.07) is 3.55. The van der Waals surface area contributed by atoms with Gasteiger partial charge in [0, 0.05) is 32.3 Å². The van der Waals surface area contributed by atoms with Crippen LogP contribution in [-0.2, 0) is 9.53 Å². The van der Waals surface area contributed by atoms with Gasteiger partial charge in [-0.25, -0.2) is 4.68 Å². The minimum Gasteiger partial charge on any atom is -0.383 e. The van der Waals surface area contributed by atoms with Crippen molar-refractivity contribution in [3.8, 4) is 11.8 Å². The number of carbonyl (C=O) groups is 2. The van der Waals surface area contributed by atoms with Crippen LogP contribution in [0.2, 0.25) is 5.02 Å². The van der Waals surface area contributed by atoms with Gasteiger partial charge in [0.05, 0.1) is 35.1 Å². The Kier molecular flexibility index (Phi) is 7.57. The number of anilines is 2. The summed E-state index contributed by atoms with van der Waals surface area (Å²) in [7, 11) is 3.57. The molecular formula is C26H30ClN7O3. The molecule has 194 valence electrons. The Labute approximate surface area is 220 Å². The van der Waals surface area contributed by atoms with Crippen LogP contribution in [0.1, 0.15) is 46.9 Å². The molecule has 1 aliphatic heterocycles. The number of hydrogen-bond acceptors (Lipinski definition) is 7. The lowest BCUT2D eigenvalue weighted by Gasteiger charge is -2.22. The average Bonchev–Trinajstić information content (AvgIpc) is 3.56. The minimum absolute atomic E-state index is 0.0209. The summed E-state index contributed by atoms with van der Waals surface area (Å²) in [5.74, 6) is 5.01. The predicted octanol–water partition coefficient (Wildman–Crippen LogP) is 2.52. The molecule has 1 aliphatic carbocycles. The van der Waals surface area contributed by atoms with E-state index in [1.54, 1.807) is 18.1 Å². The summed E-state index contributed by atoms with van der Waals surface area (Å²) in [6.07, 6.45) is 4.03. The topological polar surface area (TPSA) is 132 Å². The number of methoxy groups -OCH3 is 1. The molecular weight excluding hydrogens is 494 g/mol. The van der Waals surface area contributed by atoms with Crippen molar-refractivity contribution in [1.82, 2.24) is 14.7 Å². The highest BCUT2D eigenvalue weighted by Gasteiger charge is 2.37. The van der Waals surface area contributed by atoms with Crippen molar-refractivity contribution in [1.29, 1.82) is 0 Å². The molecule has 10 nitrogen and oxygen atoms in total. The Morgan fingerprint density at radius 1 is 1.38 bits per heavy atom. The second kappa shape index (κ2) is 10.7. The maximum atomic E-state index is 12.4. The molecule has 1 saturated heterocycles. The lowest BCUT2D eigenvalue weighted by atomic mass is 10.1. The van der Waals surface area contributed by atoms with Crippen LogP contribution in [0.15, 0.2) is 29.8 Å². The van der Waals surface area contributed by atoms with Crippen LogP contribution in [-0.4, -0.2) is 72.6 Å². The fourth-order valence-corrected chi connectivity index (χ4v) is 4.91. The quantitative estimate of drug-likeness (QED) is 0.310. The standard InChI is InChI=1S/C26H30ClN7O3/c1-5-23(35)33-13-17(11-18(33)14-37-4)34-25(28)24(26(29)36)20(31-34)9-6-15-10-21(30-2)22(12-19(15)27)32(3)16-7-8-16/h5,10,12,16-18H,1-2,7-8,11,13-14,28H2,3-4H3,(H2,29,36)/t17-,18+/m0/s1. The maximum Gasteiger partial charge on any atom is 0.255 e. The summed E-state index contributed by atoms with van der Waals surface area (Å²) >= 11 is 6.55. The van der Waals surface area contributed by atoms with E-state index in [0.717, 1.165) is 18.5 Å². The lowest BCUT2D eigenvalue weighted by Crippen LogP contribution is -2.37. The Hall–Kier alpha value is -3.81. The third-order valence-electron chi connectivity index (χ3n) is 6.77. The number of nitrogens with zero attached hydrogens (tertiary/aromatic N) is 5. The Morgan fingerprint density at radius 2 is 2.11 bits per heavy atom. The second-order valence-electron chi connectivity index (χ2n) is 9.18. The van der Waals surface area contributed by atoms with E-state index in [-0.39, 0.29) is 35.1 Å². The number of amides is 2. The van der Waals surface area contributed by atoms with E-state index in [9.17, 15) is 9.59 Å². The third-order valence-corrected chi connectivity index (χ3v) is 7.09. The van der Waals surface area contributed by atoms with Crippen molar-refractivity contribution in [2.75, 3.05) is 37.9 Å². The number of carbonyl (C=O) groups excluding carboxylic acids is 2. The fourth-order valence-electron chi connectivity index (χ4n) is 4.70. The number of ether oxygens (including phenoxy) is 1. The van der Waals surface area contributed by atoms with E-state index in [4.69, 9.17) is 27.8 Å². The predicted molar refractivity (Wildman–Crippen MR) is 144 cm³/mol. The Morgan fingerprint density at radius 3 is 2.70 bits per heavy atom. The third kappa shape index (κ3) is 5.19. The van der Waals surface area contributed by atoms with Gasteiger partial charge in [-0.05, 0) is 50.1 Å². The van der Waals surface area contributed by atoms with Gasteiger partial charge in [0.1, 0.15) is 11.4 Å². The zero-order valence-electron chi connectivity index (χ0n) is 20.9. The van der Waals surface area contributed by atoms with E-state index in [1.807, 2.05) is 13.1 Å². The number of likely N-dealkylation sites (tertiary alicyclic amines) is 1. The molecule has 0 bridgehead atoms. The highest BCUT2D eigenvalue weighted by molar-refractivity contribution is 6.32. The highest BCUT2D eigenvalue weighted by atomic mass is 35.5. The molecule has 1 aromatic carbocycles. The van der Waals surface area contributed by atoms with Gasteiger partial charge in [-0.3, -0.25) is 14.6 Å². The second-order valence-corrected chi connectivity index (χ2v) is 9.59. The number of hydrogen-bond donors (Lipinski definition) is 2. The molecule has 0 spiro atoms. The molecule has 4 N–H and O–H groups in total. The lowest BCUT2D eigenvalue weighted by molar-refractivity contribution is -0.127. The van der Waals surface area contributed by atoms with Crippen LogP contribution in [0.5, 0.6) is 0 Å². The van der Waals surface area contributed by atoms with Gasteiger partial charge in [0.15, 0.2) is 5.69 Å². The maximum absolute atomic E-state index is 12.4. The van der Waals surface area contributed by atoms with E-state index in [0.29, 0.717) is 41.9 Å². The molecule has 2 aromatic rings. The summed E-state index contributed by atoms with van der Waals surface area (Å²) < 4.78 is 6.79. The van der Waals surface area contributed by atoms with Crippen molar-refractivity contribution in [2.24, 2.45) is 10.7 Å². The molecule has 4 rings (SSSR count). The van der Waals surface area contributed by atoms with Gasteiger partial charge in [0.25, 0.3) is 5.91 Å². The SMILES string of the molecule is C=CC(=O)N1C[C@@H](n2nc(C#Cc3cc(N=C)c(N(C)C4CC4)cc3Cl)c(C(N)=O)c2N)C[C@@H]1COC. The van der Waals surface area contributed by atoms with Crippen LogP contribution in [0.25, 0.3) is 0 Å². The molecule has 37 heavy (non-hydrogen) atoms. The first-order valence-electron chi connectivity index (χ1n) is 11.8. The summed E-state index contributed by atoms with van der Waals surface area (Å²) in [5, 5.41) is 4.95. The van der Waals surface area contributed by atoms with Gasteiger partial charge in [-0.15, -0.1) is 0 Å². The first-order valence-corrected chi connectivity index (χ1v) is 12.2. The molecule has 2 amide bonds. The number of nitrogen functional groups attached to an aromatic ring is 1. The van der Waals surface area contributed by atoms with Gasteiger partial charge in [-0.1, -0.05) is 24.1 Å². The number of rotatable bonds is 8.